The van der Waals surface area contributed by atoms with Crippen LogP contribution in [0.2, 0.25) is 0 Å². The Morgan fingerprint density at radius 2 is 1.63 bits per heavy atom. The highest BCUT2D eigenvalue weighted by molar-refractivity contribution is 5.93. The zero-order valence-corrected chi connectivity index (χ0v) is 30.1. The van der Waals surface area contributed by atoms with Crippen molar-refractivity contribution >= 4 is 23.9 Å². The Morgan fingerprint density at radius 1 is 0.961 bits per heavy atom. The summed E-state index contributed by atoms with van der Waals surface area (Å²) in [6, 6.07) is 13.3. The molecule has 3 aromatic carbocycles. The first-order valence-electron chi connectivity index (χ1n) is 16.3. The summed E-state index contributed by atoms with van der Waals surface area (Å²) in [7, 11) is 3.05. The summed E-state index contributed by atoms with van der Waals surface area (Å²) in [5.74, 6) is -0.663. The normalized spacial score (nSPS) is 12.4. The van der Waals surface area contributed by atoms with Crippen LogP contribution in [0.1, 0.15) is 82.5 Å². The number of nitrogens with one attached hydrogen (secondary N) is 2. The monoisotopic (exact) mass is 699 g/mol. The minimum atomic E-state index is -1.11. The number of aryl methyl sites for hydroxylation is 2. The number of nitrogens with two attached hydrogens (primary N) is 1. The number of rotatable bonds is 13. The van der Waals surface area contributed by atoms with Gasteiger partial charge in [0.2, 0.25) is 11.8 Å². The van der Waals surface area contributed by atoms with Crippen LogP contribution in [0.4, 0.5) is 4.79 Å². The van der Waals surface area contributed by atoms with Gasteiger partial charge in [-0.25, -0.2) is 14.6 Å². The molecule has 4 rings (SSSR count). The van der Waals surface area contributed by atoms with Crippen LogP contribution in [0.25, 0.3) is 11.3 Å². The van der Waals surface area contributed by atoms with E-state index in [0.717, 1.165) is 16.7 Å². The van der Waals surface area contributed by atoms with Gasteiger partial charge in [-0.3, -0.25) is 9.59 Å². The number of aromatic carboxylic acids is 1. The van der Waals surface area contributed by atoms with Gasteiger partial charge < -0.3 is 40.3 Å². The second-order valence-electron chi connectivity index (χ2n) is 13.3. The van der Waals surface area contributed by atoms with Gasteiger partial charge in [0.05, 0.1) is 37.7 Å². The number of aromatic nitrogens is 2. The van der Waals surface area contributed by atoms with E-state index < -0.39 is 41.6 Å². The van der Waals surface area contributed by atoms with E-state index in [1.54, 1.807) is 75.2 Å². The third-order valence-corrected chi connectivity index (χ3v) is 8.34. The molecular formula is C38H45N5O8. The number of imidazole rings is 1. The van der Waals surface area contributed by atoms with Crippen molar-refractivity contribution in [1.29, 1.82) is 0 Å². The molecule has 13 heteroatoms. The lowest BCUT2D eigenvalue weighted by molar-refractivity contribution is -0.136. The highest BCUT2D eigenvalue weighted by Crippen LogP contribution is 2.31. The van der Waals surface area contributed by atoms with Crippen LogP contribution < -0.4 is 20.5 Å². The lowest BCUT2D eigenvalue weighted by Gasteiger charge is -2.33. The number of hydrogen-bond acceptors (Lipinski definition) is 8. The van der Waals surface area contributed by atoms with Gasteiger partial charge in [0.25, 0.3) is 0 Å². The summed E-state index contributed by atoms with van der Waals surface area (Å²) in [5.41, 5.74) is 9.26. The Morgan fingerprint density at radius 3 is 2.22 bits per heavy atom. The highest BCUT2D eigenvalue weighted by atomic mass is 16.6. The number of benzene rings is 3. The number of nitrogens with zero attached hydrogens (tertiary/aromatic N) is 2. The predicted molar refractivity (Wildman–Crippen MR) is 191 cm³/mol. The van der Waals surface area contributed by atoms with Crippen LogP contribution in [0.3, 0.4) is 0 Å². The first kappa shape index (κ1) is 38.0. The fourth-order valence-corrected chi connectivity index (χ4v) is 5.76. The molecule has 3 amide bonds. The number of amides is 3. The molecule has 0 saturated carbocycles. The van der Waals surface area contributed by atoms with Gasteiger partial charge in [0.15, 0.2) is 11.5 Å². The molecule has 270 valence electrons. The first-order valence-corrected chi connectivity index (χ1v) is 16.3. The second kappa shape index (κ2) is 15.8. The fourth-order valence-electron chi connectivity index (χ4n) is 5.76. The fraction of sp³-hybridized carbons (Fsp3) is 0.342. The van der Waals surface area contributed by atoms with Crippen LogP contribution in [-0.4, -0.2) is 69.7 Å². The van der Waals surface area contributed by atoms with Crippen LogP contribution in [0.5, 0.6) is 11.5 Å². The van der Waals surface area contributed by atoms with Gasteiger partial charge in [-0.2, -0.15) is 0 Å². The first-order chi connectivity index (χ1) is 24.0. The average molecular weight is 700 g/mol. The molecule has 0 saturated heterocycles. The van der Waals surface area contributed by atoms with E-state index in [0.29, 0.717) is 39.7 Å². The number of methoxy groups -OCH3 is 2. The SMILES string of the molecule is COc1ccc(CN(C(=O)C(Cc2c(C)cc(C(N)=O)cc2C)NC(=O)OC(C)(C)C)C(C)c2ncc(-c3cccc(C(=O)O)c3)[nH]2)cc1OC. The smallest absolute Gasteiger partial charge is 0.408 e. The minimum absolute atomic E-state index is 0.0787. The molecule has 0 spiro atoms. The largest absolute Gasteiger partial charge is 0.493 e. The van der Waals surface area contributed by atoms with E-state index in [1.165, 1.54) is 26.4 Å². The van der Waals surface area contributed by atoms with Crippen molar-refractivity contribution in [3.63, 3.8) is 0 Å². The van der Waals surface area contributed by atoms with Crippen LogP contribution in [0, 0.1) is 13.8 Å². The highest BCUT2D eigenvalue weighted by Gasteiger charge is 2.33. The summed E-state index contributed by atoms with van der Waals surface area (Å²) < 4.78 is 16.5. The van der Waals surface area contributed by atoms with Crippen molar-refractivity contribution in [2.75, 3.05) is 14.2 Å². The Kier molecular flexibility index (Phi) is 11.8. The molecule has 1 aromatic heterocycles. The number of aromatic amines is 1. The number of primary amides is 1. The van der Waals surface area contributed by atoms with Gasteiger partial charge in [0.1, 0.15) is 17.5 Å². The molecule has 4 aromatic rings. The van der Waals surface area contributed by atoms with E-state index in [4.69, 9.17) is 19.9 Å². The van der Waals surface area contributed by atoms with E-state index in [9.17, 15) is 24.3 Å². The molecule has 0 fully saturated rings. The van der Waals surface area contributed by atoms with Gasteiger partial charge in [-0.15, -0.1) is 0 Å². The van der Waals surface area contributed by atoms with Gasteiger partial charge in [-0.1, -0.05) is 18.2 Å². The van der Waals surface area contributed by atoms with Crippen molar-refractivity contribution < 1.29 is 38.5 Å². The second-order valence-corrected chi connectivity index (χ2v) is 13.3. The quantitative estimate of drug-likeness (QED) is 0.135. The Labute approximate surface area is 297 Å². The number of carbonyl (C=O) groups is 4. The number of carbonyl (C=O) groups excluding carboxylic acids is 3. The number of carboxylic acids is 1. The topological polar surface area (TPSA) is 186 Å². The van der Waals surface area contributed by atoms with Crippen molar-refractivity contribution in [1.82, 2.24) is 20.2 Å². The molecule has 0 bridgehead atoms. The standard InChI is InChI=1S/C38H45N5O8/c1-21-14-27(33(39)44)15-22(2)28(21)18-29(42-37(48)51-38(4,5)6)35(45)43(20-24-12-13-31(49-7)32(16-24)50-8)23(3)34-40-19-30(41-34)25-10-9-11-26(17-25)36(46)47/h9-17,19,23,29H,18,20H2,1-8H3,(H2,39,44)(H,40,41)(H,42,48)(H,46,47). The summed E-state index contributed by atoms with van der Waals surface area (Å²) in [5, 5.41) is 12.3. The minimum Gasteiger partial charge on any atom is -0.493 e. The van der Waals surface area contributed by atoms with Crippen molar-refractivity contribution in [2.45, 2.75) is 72.2 Å². The lowest BCUT2D eigenvalue weighted by Crippen LogP contribution is -2.51. The molecule has 0 aliphatic heterocycles. The van der Waals surface area contributed by atoms with E-state index in [1.807, 2.05) is 19.9 Å². The number of ether oxygens (including phenoxy) is 3. The van der Waals surface area contributed by atoms with Crippen molar-refractivity contribution in [3.05, 3.63) is 100.0 Å². The maximum atomic E-state index is 14.9. The molecule has 0 aliphatic carbocycles. The van der Waals surface area contributed by atoms with Crippen LogP contribution in [-0.2, 0) is 22.5 Å². The third kappa shape index (κ3) is 9.44. The maximum absolute atomic E-state index is 14.9. The molecule has 2 unspecified atom stereocenters. The zero-order chi connectivity index (χ0) is 37.6. The Bertz CT molecular complexity index is 1910. The lowest BCUT2D eigenvalue weighted by atomic mass is 9.93. The molecule has 1 heterocycles. The Hall–Kier alpha value is -5.85. The molecule has 2 atom stereocenters. The summed E-state index contributed by atoms with van der Waals surface area (Å²) >= 11 is 0. The van der Waals surface area contributed by atoms with E-state index in [2.05, 4.69) is 15.3 Å². The molecule has 5 N–H and O–H groups in total. The molecule has 51 heavy (non-hydrogen) atoms. The maximum Gasteiger partial charge on any atom is 0.408 e. The number of alkyl carbamates (subject to hydrolysis) is 1. The van der Waals surface area contributed by atoms with E-state index in [-0.39, 0.29) is 18.5 Å². The Balaban J connectivity index is 1.80. The van der Waals surface area contributed by atoms with Crippen LogP contribution >= 0.6 is 0 Å². The van der Waals surface area contributed by atoms with Gasteiger partial charge >= 0.3 is 12.1 Å². The van der Waals surface area contributed by atoms with Gasteiger partial charge in [-0.05, 0) is 100 Å². The van der Waals surface area contributed by atoms with E-state index >= 15 is 0 Å². The molecular weight excluding hydrogens is 654 g/mol. The number of hydrogen-bond donors (Lipinski definition) is 4. The molecule has 13 nitrogen and oxygen atoms in total. The van der Waals surface area contributed by atoms with Crippen LogP contribution in [0.15, 0.2) is 60.8 Å². The summed E-state index contributed by atoms with van der Waals surface area (Å²) in [6.45, 7) is 10.7. The van der Waals surface area contributed by atoms with Crippen molar-refractivity contribution in [3.8, 4) is 22.8 Å². The summed E-state index contributed by atoms with van der Waals surface area (Å²) in [6.07, 6.45) is 0.882. The third-order valence-electron chi connectivity index (χ3n) is 8.34. The predicted octanol–water partition coefficient (Wildman–Crippen LogP) is 5.73. The number of carboxylic acid groups (broad SMARTS) is 1. The van der Waals surface area contributed by atoms with Gasteiger partial charge in [0, 0.05) is 24.1 Å². The number of H-pyrrole nitrogens is 1. The zero-order valence-electron chi connectivity index (χ0n) is 30.1. The summed E-state index contributed by atoms with van der Waals surface area (Å²) in [4.78, 5) is 61.1. The molecule has 0 radical (unpaired) electrons. The van der Waals surface area contributed by atoms with Crippen molar-refractivity contribution in [2.24, 2.45) is 5.73 Å². The average Bonchev–Trinajstić information content (AvgIpc) is 3.57. The molecule has 0 aliphatic rings.